The highest BCUT2D eigenvalue weighted by Crippen LogP contribution is 2.20. The monoisotopic (exact) mass is 548 g/mol. The first-order chi connectivity index (χ1) is 17.2. The molecule has 0 aliphatic rings. The molecular weight excluding hydrogens is 512 g/mol. The standard InChI is InChI=1S/C22H36N4O8S2/c1-18-23-17-19(26(30)31)25(18)11-12-32-20(27)7-4-5-8-21(28)33-13-15-35-36-16-14-34-22(29)9-6-10-24(2)3/h17H,4-16H2,1-3H3. The summed E-state index contributed by atoms with van der Waals surface area (Å²) < 4.78 is 16.8. The van der Waals surface area contributed by atoms with E-state index < -0.39 is 10.9 Å². The van der Waals surface area contributed by atoms with Crippen LogP contribution in [-0.4, -0.2) is 89.2 Å². The molecule has 0 N–H and O–H groups in total. The number of ether oxygens (including phenoxy) is 3. The van der Waals surface area contributed by atoms with Crippen LogP contribution in [0.3, 0.4) is 0 Å². The minimum Gasteiger partial charge on any atom is -0.465 e. The summed E-state index contributed by atoms with van der Waals surface area (Å²) in [5.74, 6) is 0.716. The van der Waals surface area contributed by atoms with E-state index in [1.807, 2.05) is 19.0 Å². The van der Waals surface area contributed by atoms with Gasteiger partial charge >= 0.3 is 23.7 Å². The maximum atomic E-state index is 11.8. The topological polar surface area (TPSA) is 143 Å². The Kier molecular flexibility index (Phi) is 16.6. The van der Waals surface area contributed by atoms with Crippen LogP contribution in [0, 0.1) is 17.0 Å². The fraction of sp³-hybridized carbons (Fsp3) is 0.727. The predicted molar refractivity (Wildman–Crippen MR) is 138 cm³/mol. The summed E-state index contributed by atoms with van der Waals surface area (Å²) in [6.07, 6.45) is 3.73. The number of aryl methyl sites for hydroxylation is 1. The van der Waals surface area contributed by atoms with Crippen LogP contribution < -0.4 is 0 Å². The van der Waals surface area contributed by atoms with Crippen LogP contribution in [0.5, 0.6) is 0 Å². The average Bonchev–Trinajstić information content (AvgIpc) is 3.18. The molecular formula is C22H36N4O8S2. The van der Waals surface area contributed by atoms with Gasteiger partial charge in [-0.2, -0.15) is 0 Å². The Labute approximate surface area is 219 Å². The number of esters is 3. The molecule has 14 heteroatoms. The summed E-state index contributed by atoms with van der Waals surface area (Å²) in [5.41, 5.74) is 0. The third-order valence-electron chi connectivity index (χ3n) is 4.74. The van der Waals surface area contributed by atoms with Crippen molar-refractivity contribution in [1.82, 2.24) is 14.5 Å². The van der Waals surface area contributed by atoms with E-state index in [-0.39, 0.29) is 43.7 Å². The van der Waals surface area contributed by atoms with E-state index in [0.717, 1.165) is 13.0 Å². The molecule has 0 saturated carbocycles. The fourth-order valence-electron chi connectivity index (χ4n) is 2.92. The highest BCUT2D eigenvalue weighted by molar-refractivity contribution is 8.76. The van der Waals surface area contributed by atoms with E-state index in [0.29, 0.717) is 49.8 Å². The molecule has 0 aliphatic carbocycles. The molecule has 36 heavy (non-hydrogen) atoms. The zero-order chi connectivity index (χ0) is 26.8. The normalized spacial score (nSPS) is 10.9. The third kappa shape index (κ3) is 14.9. The van der Waals surface area contributed by atoms with Crippen LogP contribution in [0.4, 0.5) is 5.82 Å². The van der Waals surface area contributed by atoms with Gasteiger partial charge < -0.3 is 29.2 Å². The molecule has 0 spiro atoms. The number of nitrogens with zero attached hydrogens (tertiary/aromatic N) is 4. The number of rotatable bonds is 20. The first kappa shape index (κ1) is 31.7. The van der Waals surface area contributed by atoms with Crippen LogP contribution >= 0.6 is 21.6 Å². The number of imidazole rings is 1. The van der Waals surface area contributed by atoms with Crippen molar-refractivity contribution in [2.45, 2.75) is 52.0 Å². The van der Waals surface area contributed by atoms with Gasteiger partial charge in [-0.15, -0.1) is 0 Å². The molecule has 1 aromatic heterocycles. The van der Waals surface area contributed by atoms with Gasteiger partial charge in [-0.05, 0) is 44.8 Å². The number of unbranched alkanes of at least 4 members (excludes halogenated alkanes) is 1. The summed E-state index contributed by atoms with van der Waals surface area (Å²) in [6, 6.07) is 0. The van der Waals surface area contributed by atoms with Crippen LogP contribution in [0.1, 0.15) is 44.3 Å². The van der Waals surface area contributed by atoms with Crippen molar-refractivity contribution in [3.63, 3.8) is 0 Å². The number of hydrogen-bond donors (Lipinski definition) is 0. The smallest absolute Gasteiger partial charge is 0.342 e. The molecule has 0 saturated heterocycles. The van der Waals surface area contributed by atoms with Gasteiger partial charge in [0.25, 0.3) is 0 Å². The molecule has 0 fully saturated rings. The van der Waals surface area contributed by atoms with E-state index in [4.69, 9.17) is 14.2 Å². The first-order valence-corrected chi connectivity index (χ1v) is 14.2. The van der Waals surface area contributed by atoms with Crippen molar-refractivity contribution < 1.29 is 33.5 Å². The van der Waals surface area contributed by atoms with Crippen molar-refractivity contribution in [1.29, 1.82) is 0 Å². The predicted octanol–water partition coefficient (Wildman–Crippen LogP) is 3.01. The molecule has 1 rings (SSSR count). The summed E-state index contributed by atoms with van der Waals surface area (Å²) in [4.78, 5) is 51.5. The molecule has 204 valence electrons. The largest absolute Gasteiger partial charge is 0.465 e. The van der Waals surface area contributed by atoms with Crippen molar-refractivity contribution in [3.05, 3.63) is 22.1 Å². The van der Waals surface area contributed by atoms with Crippen molar-refractivity contribution in [3.8, 4) is 0 Å². The van der Waals surface area contributed by atoms with Crippen LogP contribution in [-0.2, 0) is 35.1 Å². The van der Waals surface area contributed by atoms with Crippen molar-refractivity contribution >= 4 is 45.3 Å². The molecule has 0 aromatic carbocycles. The first-order valence-electron chi connectivity index (χ1n) is 11.7. The Morgan fingerprint density at radius 1 is 0.944 bits per heavy atom. The van der Waals surface area contributed by atoms with Gasteiger partial charge in [0.15, 0.2) is 5.82 Å². The van der Waals surface area contributed by atoms with Gasteiger partial charge in [-0.3, -0.25) is 14.4 Å². The Morgan fingerprint density at radius 3 is 1.94 bits per heavy atom. The van der Waals surface area contributed by atoms with E-state index in [1.165, 1.54) is 10.8 Å². The second-order valence-electron chi connectivity index (χ2n) is 7.99. The van der Waals surface area contributed by atoms with E-state index in [1.54, 1.807) is 28.5 Å². The molecule has 0 radical (unpaired) electrons. The fourth-order valence-corrected chi connectivity index (χ4v) is 4.57. The van der Waals surface area contributed by atoms with Crippen LogP contribution in [0.2, 0.25) is 0 Å². The molecule has 0 aliphatic heterocycles. The zero-order valence-corrected chi connectivity index (χ0v) is 22.8. The van der Waals surface area contributed by atoms with Gasteiger partial charge in [-0.25, -0.2) is 9.55 Å². The second-order valence-corrected chi connectivity index (χ2v) is 10.7. The lowest BCUT2D eigenvalue weighted by molar-refractivity contribution is -0.392. The number of aromatic nitrogens is 2. The van der Waals surface area contributed by atoms with Crippen LogP contribution in [0.25, 0.3) is 0 Å². The Morgan fingerprint density at radius 2 is 1.44 bits per heavy atom. The number of hydrogen-bond acceptors (Lipinski definition) is 12. The van der Waals surface area contributed by atoms with Gasteiger partial charge in [0, 0.05) is 37.7 Å². The number of nitro groups is 1. The summed E-state index contributed by atoms with van der Waals surface area (Å²) >= 11 is 0. The van der Waals surface area contributed by atoms with Crippen molar-refractivity contribution in [2.75, 3.05) is 52.0 Å². The number of carbonyl (C=O) groups is 3. The Hall–Kier alpha value is -2.32. The summed E-state index contributed by atoms with van der Waals surface area (Å²) in [5, 5.41) is 10.9. The van der Waals surface area contributed by atoms with E-state index in [9.17, 15) is 24.5 Å². The lowest BCUT2D eigenvalue weighted by Crippen LogP contribution is -2.15. The summed E-state index contributed by atoms with van der Waals surface area (Å²) in [7, 11) is 7.03. The Balaban J connectivity index is 1.95. The minimum absolute atomic E-state index is 0.00774. The zero-order valence-electron chi connectivity index (χ0n) is 21.1. The molecule has 1 aromatic rings. The van der Waals surface area contributed by atoms with Gasteiger partial charge in [0.1, 0.15) is 32.6 Å². The minimum atomic E-state index is -0.535. The highest BCUT2D eigenvalue weighted by Gasteiger charge is 2.17. The summed E-state index contributed by atoms with van der Waals surface area (Å²) in [6.45, 7) is 3.31. The molecule has 0 amide bonds. The van der Waals surface area contributed by atoms with Gasteiger partial charge in [0.2, 0.25) is 0 Å². The maximum absolute atomic E-state index is 11.8. The third-order valence-corrected chi connectivity index (χ3v) is 7.07. The second kappa shape index (κ2) is 18.9. The number of carbonyl (C=O) groups excluding carboxylic acids is 3. The average molecular weight is 549 g/mol. The lowest BCUT2D eigenvalue weighted by atomic mass is 10.2. The quantitative estimate of drug-likeness (QED) is 0.0590. The highest BCUT2D eigenvalue weighted by atomic mass is 33.1. The van der Waals surface area contributed by atoms with Gasteiger partial charge in [0.05, 0.1) is 0 Å². The lowest BCUT2D eigenvalue weighted by Gasteiger charge is -2.09. The molecule has 1 heterocycles. The van der Waals surface area contributed by atoms with Crippen molar-refractivity contribution in [2.24, 2.45) is 0 Å². The molecule has 0 unspecified atom stereocenters. The van der Waals surface area contributed by atoms with Crippen LogP contribution in [0.15, 0.2) is 6.20 Å². The SMILES string of the molecule is Cc1ncc([N+](=O)[O-])n1CCOC(=O)CCCCC(=O)OCCSSCCOC(=O)CCCN(C)C. The van der Waals surface area contributed by atoms with E-state index in [2.05, 4.69) is 4.98 Å². The van der Waals surface area contributed by atoms with E-state index >= 15 is 0 Å². The molecule has 12 nitrogen and oxygen atoms in total. The molecule has 0 atom stereocenters. The Bertz CT molecular complexity index is 835. The maximum Gasteiger partial charge on any atom is 0.342 e. The van der Waals surface area contributed by atoms with Gasteiger partial charge in [-0.1, -0.05) is 21.6 Å². The molecule has 0 bridgehead atoms.